The Morgan fingerprint density at radius 3 is 2.90 bits per heavy atom. The molecule has 21 heavy (non-hydrogen) atoms. The summed E-state index contributed by atoms with van der Waals surface area (Å²) in [5, 5.41) is 11.8. The minimum absolute atomic E-state index is 0.319. The van der Waals surface area contributed by atoms with Gasteiger partial charge in [0.1, 0.15) is 16.7 Å². The van der Waals surface area contributed by atoms with Gasteiger partial charge in [-0.2, -0.15) is 25.0 Å². The van der Waals surface area contributed by atoms with Crippen molar-refractivity contribution in [1.29, 1.82) is 0 Å². The third-order valence-corrected chi connectivity index (χ3v) is 3.66. The predicted molar refractivity (Wildman–Crippen MR) is 78.3 cm³/mol. The third-order valence-electron chi connectivity index (χ3n) is 3.29. The Kier molecular flexibility index (Phi) is 3.92. The van der Waals surface area contributed by atoms with Gasteiger partial charge in [0.15, 0.2) is 0 Å². The van der Waals surface area contributed by atoms with E-state index in [0.717, 1.165) is 11.3 Å². The Labute approximate surface area is 127 Å². The van der Waals surface area contributed by atoms with Crippen LogP contribution in [0.2, 0.25) is 5.15 Å². The number of anilines is 1. The maximum atomic E-state index is 6.13. The molecule has 0 unspecified atom stereocenters. The van der Waals surface area contributed by atoms with Crippen molar-refractivity contribution in [3.63, 3.8) is 0 Å². The Balaban J connectivity index is 1.69. The highest BCUT2D eigenvalue weighted by Crippen LogP contribution is 2.30. The van der Waals surface area contributed by atoms with Gasteiger partial charge in [0.05, 0.1) is 19.3 Å². The summed E-state index contributed by atoms with van der Waals surface area (Å²) in [6.07, 6.45) is 4.14. The molecular weight excluding hydrogens is 292 g/mol. The van der Waals surface area contributed by atoms with E-state index in [0.29, 0.717) is 36.1 Å². The summed E-state index contributed by atoms with van der Waals surface area (Å²) in [4.78, 5) is 10.0. The highest BCUT2D eigenvalue weighted by molar-refractivity contribution is 6.30. The second-order valence-corrected chi connectivity index (χ2v) is 5.56. The van der Waals surface area contributed by atoms with Crippen LogP contribution in [0.4, 0.5) is 5.82 Å². The van der Waals surface area contributed by atoms with E-state index in [2.05, 4.69) is 25.5 Å². The minimum atomic E-state index is 0.319. The minimum Gasteiger partial charge on any atom is -0.463 e. The van der Waals surface area contributed by atoms with Crippen molar-refractivity contribution < 1.29 is 4.74 Å². The number of hydrogen-bond acceptors (Lipinski definition) is 6. The zero-order valence-electron chi connectivity index (χ0n) is 12.0. The van der Waals surface area contributed by atoms with E-state index in [4.69, 9.17) is 16.3 Å². The SMILES string of the molecule is Cc1c(Cl)nc(OCC2CC2)nc1NCc1cnn(C)n1. The zero-order valence-corrected chi connectivity index (χ0v) is 12.8. The molecule has 1 N–H and O–H groups in total. The van der Waals surface area contributed by atoms with Crippen LogP contribution in [-0.2, 0) is 13.6 Å². The highest BCUT2D eigenvalue weighted by atomic mass is 35.5. The Morgan fingerprint density at radius 1 is 1.43 bits per heavy atom. The van der Waals surface area contributed by atoms with Gasteiger partial charge in [-0.1, -0.05) is 11.6 Å². The van der Waals surface area contributed by atoms with Gasteiger partial charge >= 0.3 is 6.01 Å². The first kappa shape index (κ1) is 14.1. The second-order valence-electron chi connectivity index (χ2n) is 5.20. The molecule has 0 spiro atoms. The fourth-order valence-corrected chi connectivity index (χ4v) is 1.99. The van der Waals surface area contributed by atoms with Crippen molar-refractivity contribution in [3.05, 3.63) is 22.6 Å². The summed E-state index contributed by atoms with van der Waals surface area (Å²) >= 11 is 6.13. The average Bonchev–Trinajstić information content (AvgIpc) is 3.20. The molecule has 8 heteroatoms. The van der Waals surface area contributed by atoms with Crippen LogP contribution in [0.1, 0.15) is 24.1 Å². The van der Waals surface area contributed by atoms with Crippen LogP contribution >= 0.6 is 11.6 Å². The van der Waals surface area contributed by atoms with Crippen LogP contribution < -0.4 is 10.1 Å². The fraction of sp³-hybridized carbons (Fsp3) is 0.538. The maximum Gasteiger partial charge on any atom is 0.319 e. The maximum absolute atomic E-state index is 6.13. The van der Waals surface area contributed by atoms with E-state index in [1.807, 2.05) is 6.92 Å². The number of aryl methyl sites for hydroxylation is 1. The summed E-state index contributed by atoms with van der Waals surface area (Å²) in [7, 11) is 1.78. The first-order valence-electron chi connectivity index (χ1n) is 6.88. The molecular formula is C13H17ClN6O. The lowest BCUT2D eigenvalue weighted by atomic mass is 10.3. The van der Waals surface area contributed by atoms with Gasteiger partial charge in [-0.25, -0.2) is 0 Å². The molecule has 0 saturated heterocycles. The normalized spacial score (nSPS) is 14.2. The molecule has 3 rings (SSSR count). The van der Waals surface area contributed by atoms with Gasteiger partial charge in [-0.15, -0.1) is 0 Å². The number of nitrogens with zero attached hydrogens (tertiary/aromatic N) is 5. The predicted octanol–water partition coefficient (Wildman–Crippen LogP) is 1.97. The van der Waals surface area contributed by atoms with E-state index in [-0.39, 0.29) is 0 Å². The van der Waals surface area contributed by atoms with E-state index in [1.165, 1.54) is 17.6 Å². The molecule has 1 aliphatic rings. The molecule has 7 nitrogen and oxygen atoms in total. The topological polar surface area (TPSA) is 77.8 Å². The summed E-state index contributed by atoms with van der Waals surface area (Å²) in [5.74, 6) is 1.30. The van der Waals surface area contributed by atoms with Crippen LogP contribution in [-0.4, -0.2) is 31.6 Å². The van der Waals surface area contributed by atoms with Gasteiger partial charge in [-0.3, -0.25) is 0 Å². The molecule has 112 valence electrons. The number of ether oxygens (including phenoxy) is 1. The molecule has 1 fully saturated rings. The Hall–Kier alpha value is -1.89. The summed E-state index contributed by atoms with van der Waals surface area (Å²) < 4.78 is 5.58. The molecule has 0 radical (unpaired) electrons. The van der Waals surface area contributed by atoms with Gasteiger partial charge in [0, 0.05) is 12.6 Å². The van der Waals surface area contributed by atoms with Crippen LogP contribution in [0.5, 0.6) is 6.01 Å². The van der Waals surface area contributed by atoms with E-state index >= 15 is 0 Å². The molecule has 0 aliphatic heterocycles. The summed E-state index contributed by atoms with van der Waals surface area (Å²) in [5.41, 5.74) is 1.62. The quantitative estimate of drug-likeness (QED) is 0.822. The summed E-state index contributed by atoms with van der Waals surface area (Å²) in [6, 6.07) is 0.319. The van der Waals surface area contributed by atoms with Gasteiger partial charge < -0.3 is 10.1 Å². The van der Waals surface area contributed by atoms with E-state index in [9.17, 15) is 0 Å². The number of halogens is 1. The van der Waals surface area contributed by atoms with Crippen molar-refractivity contribution in [2.75, 3.05) is 11.9 Å². The first-order valence-corrected chi connectivity index (χ1v) is 7.25. The molecule has 0 bridgehead atoms. The highest BCUT2D eigenvalue weighted by Gasteiger charge is 2.22. The Bertz CT molecular complexity index is 640. The Morgan fingerprint density at radius 2 is 2.24 bits per heavy atom. The lowest BCUT2D eigenvalue weighted by Crippen LogP contribution is -2.09. The van der Waals surface area contributed by atoms with Crippen LogP contribution in [0.3, 0.4) is 0 Å². The molecule has 0 amide bonds. The second kappa shape index (κ2) is 5.85. The number of aromatic nitrogens is 5. The lowest BCUT2D eigenvalue weighted by Gasteiger charge is -2.10. The number of nitrogens with one attached hydrogen (secondary N) is 1. The number of rotatable bonds is 6. The summed E-state index contributed by atoms with van der Waals surface area (Å²) in [6.45, 7) is 3.04. The van der Waals surface area contributed by atoms with E-state index < -0.39 is 0 Å². The fourth-order valence-electron chi connectivity index (χ4n) is 1.83. The number of hydrogen-bond donors (Lipinski definition) is 1. The van der Waals surface area contributed by atoms with Crippen molar-refractivity contribution in [1.82, 2.24) is 25.0 Å². The molecule has 2 aromatic heterocycles. The van der Waals surface area contributed by atoms with Crippen molar-refractivity contribution in [3.8, 4) is 6.01 Å². The van der Waals surface area contributed by atoms with Crippen LogP contribution in [0.15, 0.2) is 6.20 Å². The smallest absolute Gasteiger partial charge is 0.319 e. The van der Waals surface area contributed by atoms with Crippen LogP contribution in [0.25, 0.3) is 0 Å². The van der Waals surface area contributed by atoms with Crippen LogP contribution in [0, 0.1) is 12.8 Å². The first-order chi connectivity index (χ1) is 10.1. The average molecular weight is 309 g/mol. The largest absolute Gasteiger partial charge is 0.463 e. The van der Waals surface area contributed by atoms with Crippen molar-refractivity contribution in [2.24, 2.45) is 13.0 Å². The van der Waals surface area contributed by atoms with Gasteiger partial charge in [0.25, 0.3) is 0 Å². The molecule has 0 aromatic carbocycles. The van der Waals surface area contributed by atoms with Gasteiger partial charge in [0.2, 0.25) is 0 Å². The van der Waals surface area contributed by atoms with E-state index in [1.54, 1.807) is 13.2 Å². The van der Waals surface area contributed by atoms with Crippen molar-refractivity contribution >= 4 is 17.4 Å². The molecule has 2 heterocycles. The van der Waals surface area contributed by atoms with Gasteiger partial charge in [-0.05, 0) is 25.7 Å². The molecule has 0 atom stereocenters. The lowest BCUT2D eigenvalue weighted by molar-refractivity contribution is 0.276. The third kappa shape index (κ3) is 3.60. The zero-order chi connectivity index (χ0) is 14.8. The molecule has 1 saturated carbocycles. The molecule has 1 aliphatic carbocycles. The van der Waals surface area contributed by atoms with Crippen molar-refractivity contribution in [2.45, 2.75) is 26.3 Å². The monoisotopic (exact) mass is 308 g/mol. The standard InChI is InChI=1S/C13H17ClN6O/c1-8-11(14)17-13(21-7-9-3-4-9)18-12(8)15-5-10-6-16-20(2)19-10/h6,9H,3-5,7H2,1-2H3,(H,15,17,18). The molecule has 2 aromatic rings.